The molecule has 6 heteroatoms. The van der Waals surface area contributed by atoms with Crippen LogP contribution in [0.25, 0.3) is 0 Å². The van der Waals surface area contributed by atoms with Gasteiger partial charge in [-0.1, -0.05) is 17.7 Å². The summed E-state index contributed by atoms with van der Waals surface area (Å²) in [5.74, 6) is 0. The fraction of sp³-hybridized carbons (Fsp3) is 0.364. The number of aromatic nitrogens is 1. The number of sulfonamides is 1. The molecule has 0 unspecified atom stereocenters. The van der Waals surface area contributed by atoms with Crippen LogP contribution in [-0.2, 0) is 10.0 Å². The topological polar surface area (TPSA) is 50.3 Å². The van der Waals surface area contributed by atoms with E-state index < -0.39 is 10.0 Å². The van der Waals surface area contributed by atoms with Gasteiger partial charge in [0.25, 0.3) is 0 Å². The lowest BCUT2D eigenvalue weighted by Gasteiger charge is -2.17. The molecule has 1 rings (SSSR count). The zero-order chi connectivity index (χ0) is 12.9. The minimum Gasteiger partial charge on any atom is -0.243 e. The number of rotatable bonds is 6. The van der Waals surface area contributed by atoms with E-state index >= 15 is 0 Å². The first-order valence-electron chi connectivity index (χ1n) is 5.18. The summed E-state index contributed by atoms with van der Waals surface area (Å²) in [5.41, 5.74) is 0. The SMILES string of the molecule is C=CCCCN(C)S(=O)(=O)c1cccnc1Cl. The van der Waals surface area contributed by atoms with Crippen molar-refractivity contribution >= 4 is 21.6 Å². The highest BCUT2D eigenvalue weighted by molar-refractivity contribution is 7.89. The highest BCUT2D eigenvalue weighted by Gasteiger charge is 2.23. The van der Waals surface area contributed by atoms with Crippen molar-refractivity contribution in [3.8, 4) is 0 Å². The molecule has 0 radical (unpaired) electrons. The zero-order valence-electron chi connectivity index (χ0n) is 9.63. The highest BCUT2D eigenvalue weighted by Crippen LogP contribution is 2.21. The van der Waals surface area contributed by atoms with E-state index in [9.17, 15) is 8.42 Å². The number of unbranched alkanes of at least 4 members (excludes halogenated alkanes) is 1. The van der Waals surface area contributed by atoms with E-state index in [1.165, 1.54) is 23.6 Å². The van der Waals surface area contributed by atoms with Crippen LogP contribution in [0.1, 0.15) is 12.8 Å². The van der Waals surface area contributed by atoms with Gasteiger partial charge in [0.05, 0.1) is 0 Å². The maximum atomic E-state index is 12.1. The molecule has 1 heterocycles. The number of halogens is 1. The van der Waals surface area contributed by atoms with Crippen molar-refractivity contribution in [1.82, 2.24) is 9.29 Å². The van der Waals surface area contributed by atoms with Crippen molar-refractivity contribution in [3.63, 3.8) is 0 Å². The Bertz CT molecular complexity index is 488. The Labute approximate surface area is 107 Å². The van der Waals surface area contributed by atoms with E-state index in [1.54, 1.807) is 12.1 Å². The summed E-state index contributed by atoms with van der Waals surface area (Å²) in [5, 5.41) is 0.00284. The summed E-state index contributed by atoms with van der Waals surface area (Å²) in [6, 6.07) is 3.00. The van der Waals surface area contributed by atoms with Gasteiger partial charge < -0.3 is 0 Å². The monoisotopic (exact) mass is 274 g/mol. The molecule has 0 aliphatic carbocycles. The second kappa shape index (κ2) is 6.14. The number of allylic oxidation sites excluding steroid dienone is 1. The molecule has 0 atom stereocenters. The van der Waals surface area contributed by atoms with Gasteiger partial charge in [-0.25, -0.2) is 17.7 Å². The fourth-order valence-electron chi connectivity index (χ4n) is 1.31. The third kappa shape index (κ3) is 3.52. The molecular formula is C11H15ClN2O2S. The molecule has 17 heavy (non-hydrogen) atoms. The molecule has 0 aliphatic rings. The van der Waals surface area contributed by atoms with Crippen molar-refractivity contribution in [3.05, 3.63) is 36.1 Å². The van der Waals surface area contributed by atoms with Crippen molar-refractivity contribution in [1.29, 1.82) is 0 Å². The van der Waals surface area contributed by atoms with Crippen molar-refractivity contribution in [2.24, 2.45) is 0 Å². The number of hydrogen-bond acceptors (Lipinski definition) is 3. The van der Waals surface area contributed by atoms with Crippen molar-refractivity contribution in [2.45, 2.75) is 17.7 Å². The van der Waals surface area contributed by atoms with Gasteiger partial charge in [-0.05, 0) is 25.0 Å². The van der Waals surface area contributed by atoms with Gasteiger partial charge >= 0.3 is 0 Å². The lowest BCUT2D eigenvalue weighted by atomic mass is 10.3. The molecule has 0 aromatic carbocycles. The van der Waals surface area contributed by atoms with Crippen LogP contribution in [-0.4, -0.2) is 31.3 Å². The number of nitrogens with zero attached hydrogens (tertiary/aromatic N) is 2. The first kappa shape index (κ1) is 14.2. The molecule has 94 valence electrons. The molecule has 0 N–H and O–H groups in total. The van der Waals surface area contributed by atoms with Crippen molar-refractivity contribution in [2.75, 3.05) is 13.6 Å². The molecule has 0 saturated carbocycles. The summed E-state index contributed by atoms with van der Waals surface area (Å²) in [6.07, 6.45) is 4.73. The smallest absolute Gasteiger partial charge is 0.243 e. The summed E-state index contributed by atoms with van der Waals surface area (Å²) >= 11 is 5.78. The fourth-order valence-corrected chi connectivity index (χ4v) is 2.94. The molecule has 0 saturated heterocycles. The quantitative estimate of drug-likeness (QED) is 0.454. The average Bonchev–Trinajstić information content (AvgIpc) is 2.29. The van der Waals surface area contributed by atoms with Crippen LogP contribution in [0, 0.1) is 0 Å². The Hall–Kier alpha value is -0.910. The second-order valence-corrected chi connectivity index (χ2v) is 5.92. The molecule has 4 nitrogen and oxygen atoms in total. The van der Waals surface area contributed by atoms with E-state index in [-0.39, 0.29) is 10.0 Å². The lowest BCUT2D eigenvalue weighted by molar-refractivity contribution is 0.462. The van der Waals surface area contributed by atoms with Crippen LogP contribution in [0.2, 0.25) is 5.15 Å². The maximum absolute atomic E-state index is 12.1. The van der Waals surface area contributed by atoms with Gasteiger partial charge in [0, 0.05) is 19.8 Å². The molecule has 1 aromatic rings. The van der Waals surface area contributed by atoms with Crippen LogP contribution in [0.4, 0.5) is 0 Å². The van der Waals surface area contributed by atoms with E-state index in [1.807, 2.05) is 0 Å². The van der Waals surface area contributed by atoms with Gasteiger partial charge in [0.15, 0.2) is 0 Å². The normalized spacial score (nSPS) is 11.7. The van der Waals surface area contributed by atoms with Crippen molar-refractivity contribution < 1.29 is 8.42 Å². The van der Waals surface area contributed by atoms with E-state index in [4.69, 9.17) is 11.6 Å². The predicted molar refractivity (Wildman–Crippen MR) is 68.5 cm³/mol. The summed E-state index contributed by atoms with van der Waals surface area (Å²) in [6.45, 7) is 4.02. The largest absolute Gasteiger partial charge is 0.245 e. The van der Waals surface area contributed by atoms with E-state index in [2.05, 4.69) is 11.6 Å². The summed E-state index contributed by atoms with van der Waals surface area (Å²) in [7, 11) is -2.02. The lowest BCUT2D eigenvalue weighted by Crippen LogP contribution is -2.28. The first-order chi connectivity index (χ1) is 8.00. The Morgan fingerprint density at radius 3 is 2.88 bits per heavy atom. The van der Waals surface area contributed by atoms with Crippen LogP contribution in [0.3, 0.4) is 0 Å². The van der Waals surface area contributed by atoms with Gasteiger partial charge in [-0.15, -0.1) is 6.58 Å². The molecule has 0 spiro atoms. The number of hydrogen-bond donors (Lipinski definition) is 0. The van der Waals surface area contributed by atoms with Crippen LogP contribution in [0.15, 0.2) is 35.9 Å². The molecule has 0 fully saturated rings. The molecule has 0 amide bonds. The third-order valence-corrected chi connectivity index (χ3v) is 4.60. The van der Waals surface area contributed by atoms with Gasteiger partial charge in [-0.3, -0.25) is 0 Å². The third-order valence-electron chi connectivity index (χ3n) is 2.29. The Balaban J connectivity index is 2.88. The summed E-state index contributed by atoms with van der Waals surface area (Å²) < 4.78 is 25.5. The average molecular weight is 275 g/mol. The zero-order valence-corrected chi connectivity index (χ0v) is 11.2. The Morgan fingerprint density at radius 2 is 2.29 bits per heavy atom. The second-order valence-electron chi connectivity index (χ2n) is 3.55. The van der Waals surface area contributed by atoms with Crippen LogP contribution in [0.5, 0.6) is 0 Å². The van der Waals surface area contributed by atoms with Gasteiger partial charge in [0.2, 0.25) is 10.0 Å². The molecular weight excluding hydrogens is 260 g/mol. The molecule has 0 aliphatic heterocycles. The Morgan fingerprint density at radius 1 is 1.59 bits per heavy atom. The predicted octanol–water partition coefficient (Wildman–Crippen LogP) is 2.32. The maximum Gasteiger partial charge on any atom is 0.245 e. The summed E-state index contributed by atoms with van der Waals surface area (Å²) in [4.78, 5) is 3.81. The molecule has 1 aromatic heterocycles. The van der Waals surface area contributed by atoms with Gasteiger partial charge in [0.1, 0.15) is 10.0 Å². The van der Waals surface area contributed by atoms with E-state index in [0.29, 0.717) is 6.54 Å². The minimum atomic E-state index is -3.55. The first-order valence-corrected chi connectivity index (χ1v) is 6.99. The number of pyridine rings is 1. The van der Waals surface area contributed by atoms with E-state index in [0.717, 1.165) is 12.8 Å². The van der Waals surface area contributed by atoms with Crippen LogP contribution < -0.4 is 0 Å². The van der Waals surface area contributed by atoms with Crippen LogP contribution >= 0.6 is 11.6 Å². The van der Waals surface area contributed by atoms with Gasteiger partial charge in [-0.2, -0.15) is 0 Å². The highest BCUT2D eigenvalue weighted by atomic mass is 35.5. The standard InChI is InChI=1S/C11H15ClN2O2S/c1-3-4-5-9-14(2)17(15,16)10-7-6-8-13-11(10)12/h3,6-8H,1,4-5,9H2,2H3. The Kier molecular flexibility index (Phi) is 5.11. The minimum absolute atomic E-state index is 0.00284. The molecule has 0 bridgehead atoms.